The van der Waals surface area contributed by atoms with Crippen LogP contribution in [0.3, 0.4) is 0 Å². The molecule has 0 radical (unpaired) electrons. The molecule has 0 aliphatic rings. The molecule has 0 spiro atoms. The van der Waals surface area contributed by atoms with Crippen molar-refractivity contribution in [3.05, 3.63) is 0 Å². The van der Waals surface area contributed by atoms with Crippen LogP contribution >= 0.6 is 0 Å². The SMILES string of the molecule is C[C@@H](CCCCNC(=O)COCCOCCNC(=O)COCCOCCNC(=O)CCCC(=O)N[C@@H](CCCCN)C(=O)NCCCC[C@H](C)C(N)=O)C(N)=O.[HH]. The molecule has 7 amide bonds. The molecule has 0 aliphatic heterocycles. The van der Waals surface area contributed by atoms with Crippen LogP contribution in [0, 0.1) is 11.8 Å². The van der Waals surface area contributed by atoms with Crippen molar-refractivity contribution >= 4 is 41.4 Å². The van der Waals surface area contributed by atoms with Crippen LogP contribution in [0.4, 0.5) is 0 Å². The average Bonchev–Trinajstić information content (AvgIpc) is 3.15. The highest BCUT2D eigenvalue weighted by Gasteiger charge is 2.20. The maximum atomic E-state index is 12.7. The van der Waals surface area contributed by atoms with Gasteiger partial charge in [0, 0.05) is 52.3 Å². The van der Waals surface area contributed by atoms with Crippen LogP contribution in [0.5, 0.6) is 0 Å². The molecular weight excluding hydrogens is 732 g/mol. The van der Waals surface area contributed by atoms with E-state index in [1.54, 1.807) is 13.8 Å². The fourth-order valence-corrected chi connectivity index (χ4v) is 4.92. The van der Waals surface area contributed by atoms with Crippen LogP contribution < -0.4 is 43.8 Å². The van der Waals surface area contributed by atoms with Gasteiger partial charge in [-0.25, -0.2) is 0 Å². The normalized spacial score (nSPS) is 12.6. The Bertz CT molecular complexity index is 1140. The topological polar surface area (TPSA) is 295 Å². The summed E-state index contributed by atoms with van der Waals surface area (Å²) in [6, 6.07) is -0.692. The molecule has 0 bridgehead atoms. The summed E-state index contributed by atoms with van der Waals surface area (Å²) in [5.74, 6) is -2.41. The number of nitrogens with two attached hydrogens (primary N) is 3. The second-order valence-electron chi connectivity index (χ2n) is 13.5. The number of ether oxygens (including phenoxy) is 4. The summed E-state index contributed by atoms with van der Waals surface area (Å²) >= 11 is 0. The predicted molar refractivity (Wildman–Crippen MR) is 211 cm³/mol. The molecule has 0 aromatic carbocycles. The Morgan fingerprint density at radius 1 is 0.500 bits per heavy atom. The molecular formula is C37H72N8O11. The van der Waals surface area contributed by atoms with E-state index in [9.17, 15) is 33.6 Å². The first-order valence-electron chi connectivity index (χ1n) is 19.8. The van der Waals surface area contributed by atoms with Crippen molar-refractivity contribution in [3.8, 4) is 0 Å². The van der Waals surface area contributed by atoms with Gasteiger partial charge in [0.1, 0.15) is 19.3 Å². The minimum Gasteiger partial charge on any atom is -0.377 e. The van der Waals surface area contributed by atoms with Crippen molar-refractivity contribution in [1.29, 1.82) is 0 Å². The van der Waals surface area contributed by atoms with Gasteiger partial charge in [0.2, 0.25) is 41.4 Å². The van der Waals surface area contributed by atoms with Gasteiger partial charge in [0.25, 0.3) is 0 Å². The minimum absolute atomic E-state index is 0. The third-order valence-corrected chi connectivity index (χ3v) is 8.47. The fourth-order valence-electron chi connectivity index (χ4n) is 4.92. The van der Waals surface area contributed by atoms with Crippen molar-refractivity contribution in [2.75, 3.05) is 85.6 Å². The third-order valence-electron chi connectivity index (χ3n) is 8.47. The number of carbonyl (C=O) groups excluding carboxylic acids is 7. The second-order valence-corrected chi connectivity index (χ2v) is 13.5. The standard InChI is InChI=1S/C37H70N8O11.H2/c1-28(35(39)50)10-4-7-16-41-33(48)26-55-24-23-54-21-19-43-34(49)27-56-25-22-53-20-18-42-31(46)13-9-14-32(47)45-30(12-3-6-15-38)37(52)44-17-8-5-11-29(2)36(40)51;/h28-30H,3-27,38H2,1-2H3,(H2,39,50)(H2,40,51)(H,41,48)(H,42,46)(H,43,49)(H,44,52)(H,45,47);1H/t28-,29-,30-;/m0./s1. The smallest absolute Gasteiger partial charge is 0.246 e. The van der Waals surface area contributed by atoms with E-state index in [4.69, 9.17) is 36.1 Å². The Morgan fingerprint density at radius 2 is 0.946 bits per heavy atom. The van der Waals surface area contributed by atoms with Crippen LogP contribution in [-0.4, -0.2) is 133 Å². The highest BCUT2D eigenvalue weighted by molar-refractivity contribution is 5.87. The molecule has 0 saturated carbocycles. The number of hydrogen-bond acceptors (Lipinski definition) is 12. The lowest BCUT2D eigenvalue weighted by atomic mass is 10.0. The van der Waals surface area contributed by atoms with E-state index < -0.39 is 6.04 Å². The molecule has 0 aliphatic carbocycles. The van der Waals surface area contributed by atoms with E-state index in [0.717, 1.165) is 25.7 Å². The largest absolute Gasteiger partial charge is 0.377 e. The molecule has 3 atom stereocenters. The number of nitrogens with one attached hydrogen (secondary N) is 5. The van der Waals surface area contributed by atoms with Crippen LogP contribution in [0.2, 0.25) is 0 Å². The van der Waals surface area contributed by atoms with Crippen LogP contribution in [0.25, 0.3) is 0 Å². The molecule has 0 heterocycles. The van der Waals surface area contributed by atoms with E-state index in [1.165, 1.54) is 0 Å². The highest BCUT2D eigenvalue weighted by Crippen LogP contribution is 2.08. The zero-order chi connectivity index (χ0) is 41.8. The van der Waals surface area contributed by atoms with E-state index in [2.05, 4.69) is 26.6 Å². The first-order chi connectivity index (χ1) is 26.9. The quantitative estimate of drug-likeness (QED) is 0.0354. The van der Waals surface area contributed by atoms with E-state index >= 15 is 0 Å². The maximum Gasteiger partial charge on any atom is 0.246 e. The Hall–Kier alpha value is -3.91. The average molecular weight is 805 g/mol. The minimum atomic E-state index is -0.692. The lowest BCUT2D eigenvalue weighted by Crippen LogP contribution is -2.47. The first kappa shape index (κ1) is 52.1. The number of rotatable bonds is 38. The van der Waals surface area contributed by atoms with E-state index in [1.807, 2.05) is 0 Å². The first-order valence-corrected chi connectivity index (χ1v) is 19.8. The summed E-state index contributed by atoms with van der Waals surface area (Å²) in [6.45, 7) is 6.73. The third kappa shape index (κ3) is 32.3. The fraction of sp³-hybridized carbons (Fsp3) is 0.811. The summed E-state index contributed by atoms with van der Waals surface area (Å²) in [5.41, 5.74) is 16.1. The summed E-state index contributed by atoms with van der Waals surface area (Å²) < 4.78 is 21.3. The summed E-state index contributed by atoms with van der Waals surface area (Å²) in [6.07, 6.45) is 6.72. The van der Waals surface area contributed by atoms with Gasteiger partial charge in [-0.15, -0.1) is 0 Å². The zero-order valence-electron chi connectivity index (χ0n) is 33.6. The van der Waals surface area contributed by atoms with Gasteiger partial charge in [-0.1, -0.05) is 26.7 Å². The molecule has 11 N–H and O–H groups in total. The van der Waals surface area contributed by atoms with Crippen molar-refractivity contribution in [3.63, 3.8) is 0 Å². The zero-order valence-corrected chi connectivity index (χ0v) is 33.6. The number of hydrogen-bond donors (Lipinski definition) is 8. The van der Waals surface area contributed by atoms with E-state index in [0.29, 0.717) is 58.2 Å². The molecule has 0 unspecified atom stereocenters. The Kier molecular flexibility index (Phi) is 33.0. The summed E-state index contributed by atoms with van der Waals surface area (Å²) in [5, 5.41) is 13.7. The number of amides is 7. The van der Waals surface area contributed by atoms with Crippen LogP contribution in [-0.2, 0) is 52.5 Å². The van der Waals surface area contributed by atoms with Crippen molar-refractivity contribution < 1.29 is 53.9 Å². The van der Waals surface area contributed by atoms with Crippen molar-refractivity contribution in [1.82, 2.24) is 26.6 Å². The molecule has 326 valence electrons. The summed E-state index contributed by atoms with van der Waals surface area (Å²) in [7, 11) is 0. The monoisotopic (exact) mass is 805 g/mol. The van der Waals surface area contributed by atoms with Crippen LogP contribution in [0.1, 0.15) is 92.3 Å². The molecule has 0 rings (SSSR count). The lowest BCUT2D eigenvalue weighted by molar-refractivity contribution is -0.129. The lowest BCUT2D eigenvalue weighted by Gasteiger charge is -2.18. The van der Waals surface area contributed by atoms with Gasteiger partial charge < -0.3 is 62.7 Å². The molecule has 56 heavy (non-hydrogen) atoms. The Balaban J connectivity index is 0. The van der Waals surface area contributed by atoms with Crippen LogP contribution in [0.15, 0.2) is 0 Å². The molecule has 19 nitrogen and oxygen atoms in total. The van der Waals surface area contributed by atoms with Crippen molar-refractivity contribution in [2.24, 2.45) is 29.0 Å². The summed E-state index contributed by atoms with van der Waals surface area (Å²) in [4.78, 5) is 83.2. The van der Waals surface area contributed by atoms with Gasteiger partial charge in [-0.05, 0) is 57.9 Å². The second kappa shape index (κ2) is 35.5. The highest BCUT2D eigenvalue weighted by atomic mass is 16.5. The maximum absolute atomic E-state index is 12.7. The number of primary amides is 2. The van der Waals surface area contributed by atoms with Crippen molar-refractivity contribution in [2.45, 2.75) is 96.9 Å². The number of carbonyl (C=O) groups is 7. The van der Waals surface area contributed by atoms with Gasteiger partial charge >= 0.3 is 0 Å². The molecule has 0 aromatic rings. The Labute approximate surface area is 333 Å². The van der Waals surface area contributed by atoms with Gasteiger partial charge in [0.05, 0.1) is 39.6 Å². The Morgan fingerprint density at radius 3 is 1.46 bits per heavy atom. The van der Waals surface area contributed by atoms with Gasteiger partial charge in [0.15, 0.2) is 0 Å². The number of unbranched alkanes of at least 4 members (excludes halogenated alkanes) is 3. The van der Waals surface area contributed by atoms with E-state index in [-0.39, 0.29) is 133 Å². The molecule has 0 aromatic heterocycles. The van der Waals surface area contributed by atoms with Gasteiger partial charge in [-0.3, -0.25) is 33.6 Å². The molecule has 0 fully saturated rings. The predicted octanol–water partition coefficient (Wildman–Crippen LogP) is -0.869. The molecule has 19 heteroatoms. The molecule has 0 saturated heterocycles. The van der Waals surface area contributed by atoms with Gasteiger partial charge in [-0.2, -0.15) is 0 Å².